The zero-order valence-electron chi connectivity index (χ0n) is 11.1. The average molecular weight is 265 g/mol. The van der Waals surface area contributed by atoms with Gasteiger partial charge in [-0.05, 0) is 31.0 Å². The van der Waals surface area contributed by atoms with Gasteiger partial charge in [-0.25, -0.2) is 0 Å². The summed E-state index contributed by atoms with van der Waals surface area (Å²) in [6.45, 7) is 7.94. The summed E-state index contributed by atoms with van der Waals surface area (Å²) in [6, 6.07) is 4.31. The molecular weight excluding hydrogens is 246 g/mol. The molecule has 0 saturated heterocycles. The van der Waals surface area contributed by atoms with E-state index in [0.29, 0.717) is 11.8 Å². The molecule has 98 valence electrons. The first-order valence-electron chi connectivity index (χ1n) is 6.22. The fourth-order valence-corrected chi connectivity index (χ4v) is 3.58. The van der Waals surface area contributed by atoms with Crippen LogP contribution in [0.15, 0.2) is 17.0 Å². The number of carboxylic acid groups (broad SMARTS) is 1. The second kappa shape index (κ2) is 5.22. The van der Waals surface area contributed by atoms with E-state index in [1.165, 1.54) is 21.7 Å². The molecule has 0 amide bonds. The summed E-state index contributed by atoms with van der Waals surface area (Å²) in [4.78, 5) is 14.3. The van der Waals surface area contributed by atoms with Gasteiger partial charge in [0.15, 0.2) is 0 Å². The minimum atomic E-state index is -0.729. The van der Waals surface area contributed by atoms with Crippen LogP contribution in [-0.4, -0.2) is 29.4 Å². The Bertz CT molecular complexity index is 473. The molecule has 1 aliphatic rings. The summed E-state index contributed by atoms with van der Waals surface area (Å²) in [5.74, 6) is -0.729. The van der Waals surface area contributed by atoms with Crippen LogP contribution in [0.4, 0.5) is 5.69 Å². The van der Waals surface area contributed by atoms with Crippen molar-refractivity contribution in [2.75, 3.05) is 18.0 Å². The third kappa shape index (κ3) is 2.64. The Morgan fingerprint density at radius 1 is 1.50 bits per heavy atom. The second-order valence-electron chi connectivity index (χ2n) is 4.87. The number of hydrogen-bond acceptors (Lipinski definition) is 3. The van der Waals surface area contributed by atoms with Crippen LogP contribution in [-0.2, 0) is 4.79 Å². The summed E-state index contributed by atoms with van der Waals surface area (Å²) in [5, 5.41) is 9.36. The van der Waals surface area contributed by atoms with Crippen molar-refractivity contribution in [1.29, 1.82) is 0 Å². The van der Waals surface area contributed by atoms with Gasteiger partial charge in [-0.3, -0.25) is 4.79 Å². The number of aryl methyl sites for hydroxylation is 1. The fourth-order valence-electron chi connectivity index (χ4n) is 2.35. The van der Waals surface area contributed by atoms with E-state index in [0.717, 1.165) is 6.54 Å². The third-order valence-electron chi connectivity index (χ3n) is 3.38. The van der Waals surface area contributed by atoms with Crippen LogP contribution >= 0.6 is 11.8 Å². The fraction of sp³-hybridized carbons (Fsp3) is 0.500. The Hall–Kier alpha value is -1.16. The van der Waals surface area contributed by atoms with Crippen molar-refractivity contribution in [2.45, 2.75) is 37.3 Å². The molecule has 0 spiro atoms. The van der Waals surface area contributed by atoms with Gasteiger partial charge >= 0.3 is 5.97 Å². The predicted octanol–water partition coefficient (Wildman–Crippen LogP) is 3.08. The number of carboxylic acids is 1. The molecule has 3 nitrogen and oxygen atoms in total. The standard InChI is InChI=1S/C14H19NO2S/c1-9-4-5-12-14(11(9)3)15(7-6-13(16)17)8-10(2)18-12/h4-5,10H,6-8H2,1-3H3,(H,16,17). The number of fused-ring (bicyclic) bond motifs is 1. The highest BCUT2D eigenvalue weighted by molar-refractivity contribution is 8.00. The lowest BCUT2D eigenvalue weighted by molar-refractivity contribution is -0.136. The summed E-state index contributed by atoms with van der Waals surface area (Å²) < 4.78 is 0. The van der Waals surface area contributed by atoms with Gasteiger partial charge in [0.1, 0.15) is 0 Å². The lowest BCUT2D eigenvalue weighted by Crippen LogP contribution is -2.35. The van der Waals surface area contributed by atoms with Gasteiger partial charge in [-0.15, -0.1) is 11.8 Å². The lowest BCUT2D eigenvalue weighted by Gasteiger charge is -2.35. The number of thioether (sulfide) groups is 1. The minimum absolute atomic E-state index is 0.199. The van der Waals surface area contributed by atoms with Gasteiger partial charge < -0.3 is 10.0 Å². The zero-order chi connectivity index (χ0) is 13.3. The van der Waals surface area contributed by atoms with Crippen LogP contribution in [0.3, 0.4) is 0 Å². The molecule has 1 aliphatic heterocycles. The van der Waals surface area contributed by atoms with Crippen LogP contribution in [0.2, 0.25) is 0 Å². The third-order valence-corrected chi connectivity index (χ3v) is 4.52. The van der Waals surface area contributed by atoms with E-state index in [2.05, 4.69) is 37.8 Å². The summed E-state index contributed by atoms with van der Waals surface area (Å²) in [6.07, 6.45) is 0.199. The predicted molar refractivity (Wildman–Crippen MR) is 75.7 cm³/mol. The van der Waals surface area contributed by atoms with Crippen molar-refractivity contribution in [3.63, 3.8) is 0 Å². The summed E-state index contributed by atoms with van der Waals surface area (Å²) in [7, 11) is 0. The molecule has 1 N–H and O–H groups in total. The molecule has 2 rings (SSSR count). The number of carbonyl (C=O) groups is 1. The van der Waals surface area contributed by atoms with Gasteiger partial charge in [-0.2, -0.15) is 0 Å². The first-order valence-corrected chi connectivity index (χ1v) is 7.10. The van der Waals surface area contributed by atoms with Crippen molar-refractivity contribution < 1.29 is 9.90 Å². The van der Waals surface area contributed by atoms with E-state index in [-0.39, 0.29) is 6.42 Å². The molecule has 0 aliphatic carbocycles. The van der Waals surface area contributed by atoms with Gasteiger partial charge in [0.2, 0.25) is 0 Å². The van der Waals surface area contributed by atoms with Crippen molar-refractivity contribution in [3.05, 3.63) is 23.3 Å². The molecule has 1 aromatic carbocycles. The van der Waals surface area contributed by atoms with E-state index in [4.69, 9.17) is 5.11 Å². The SMILES string of the molecule is Cc1ccc2c(c1C)N(CCC(=O)O)CC(C)S2. The van der Waals surface area contributed by atoms with Crippen LogP contribution < -0.4 is 4.90 Å². The number of nitrogens with zero attached hydrogens (tertiary/aromatic N) is 1. The number of rotatable bonds is 3. The highest BCUT2D eigenvalue weighted by atomic mass is 32.2. The highest BCUT2D eigenvalue weighted by Gasteiger charge is 2.24. The first-order chi connectivity index (χ1) is 8.49. The number of hydrogen-bond donors (Lipinski definition) is 1. The second-order valence-corrected chi connectivity index (χ2v) is 6.35. The Balaban J connectivity index is 2.33. The van der Waals surface area contributed by atoms with Gasteiger partial charge in [0.05, 0.1) is 12.1 Å². The molecule has 4 heteroatoms. The average Bonchev–Trinajstić information content (AvgIpc) is 2.30. The maximum Gasteiger partial charge on any atom is 0.305 e. The highest BCUT2D eigenvalue weighted by Crippen LogP contribution is 2.41. The molecule has 0 bridgehead atoms. The maximum atomic E-state index is 10.8. The minimum Gasteiger partial charge on any atom is -0.481 e. The number of anilines is 1. The largest absolute Gasteiger partial charge is 0.481 e. The Morgan fingerprint density at radius 2 is 2.22 bits per heavy atom. The van der Waals surface area contributed by atoms with E-state index < -0.39 is 5.97 Å². The number of benzene rings is 1. The van der Waals surface area contributed by atoms with E-state index in [1.54, 1.807) is 0 Å². The molecule has 0 saturated carbocycles. The van der Waals surface area contributed by atoms with Gasteiger partial charge in [0.25, 0.3) is 0 Å². The molecule has 1 unspecified atom stereocenters. The van der Waals surface area contributed by atoms with Crippen LogP contribution in [0.25, 0.3) is 0 Å². The van der Waals surface area contributed by atoms with Gasteiger partial charge in [-0.1, -0.05) is 13.0 Å². The van der Waals surface area contributed by atoms with Crippen molar-refractivity contribution >= 4 is 23.4 Å². The molecule has 1 aromatic rings. The van der Waals surface area contributed by atoms with E-state index >= 15 is 0 Å². The first kappa shape index (κ1) is 13.3. The lowest BCUT2D eigenvalue weighted by atomic mass is 10.1. The van der Waals surface area contributed by atoms with E-state index in [1.807, 2.05) is 11.8 Å². The molecule has 18 heavy (non-hydrogen) atoms. The number of aliphatic carboxylic acids is 1. The molecule has 0 fully saturated rings. The summed E-state index contributed by atoms with van der Waals surface area (Å²) >= 11 is 1.88. The summed E-state index contributed by atoms with van der Waals surface area (Å²) in [5.41, 5.74) is 3.78. The quantitative estimate of drug-likeness (QED) is 0.912. The molecule has 0 radical (unpaired) electrons. The normalized spacial score (nSPS) is 18.6. The van der Waals surface area contributed by atoms with E-state index in [9.17, 15) is 4.79 Å². The van der Waals surface area contributed by atoms with Gasteiger partial charge in [0, 0.05) is 23.2 Å². The van der Waals surface area contributed by atoms with Crippen molar-refractivity contribution in [2.24, 2.45) is 0 Å². The Kier molecular flexibility index (Phi) is 3.85. The molecular formula is C14H19NO2S. The maximum absolute atomic E-state index is 10.8. The topological polar surface area (TPSA) is 40.5 Å². The van der Waals surface area contributed by atoms with Crippen molar-refractivity contribution in [1.82, 2.24) is 0 Å². The zero-order valence-corrected chi connectivity index (χ0v) is 11.9. The van der Waals surface area contributed by atoms with Crippen LogP contribution in [0.5, 0.6) is 0 Å². The van der Waals surface area contributed by atoms with Crippen LogP contribution in [0, 0.1) is 13.8 Å². The monoisotopic (exact) mass is 265 g/mol. The van der Waals surface area contributed by atoms with Crippen LogP contribution in [0.1, 0.15) is 24.5 Å². The molecule has 1 atom stereocenters. The molecule has 1 heterocycles. The smallest absolute Gasteiger partial charge is 0.305 e. The molecule has 0 aromatic heterocycles. The Labute approximate surface area is 112 Å². The Morgan fingerprint density at radius 3 is 2.89 bits per heavy atom. The van der Waals surface area contributed by atoms with Crippen molar-refractivity contribution in [3.8, 4) is 0 Å².